The van der Waals surface area contributed by atoms with Gasteiger partial charge in [0.05, 0.1) is 31.1 Å². The van der Waals surface area contributed by atoms with Crippen LogP contribution >= 0.6 is 11.3 Å². The fraction of sp³-hybridized carbons (Fsp3) is 0.556. The van der Waals surface area contributed by atoms with Crippen molar-refractivity contribution in [3.8, 4) is 0 Å². The second-order valence-electron chi connectivity index (χ2n) is 6.27. The lowest BCUT2D eigenvalue weighted by atomic mass is 10.1. The summed E-state index contributed by atoms with van der Waals surface area (Å²) in [5.74, 6) is 0.816. The van der Waals surface area contributed by atoms with Crippen LogP contribution in [0.4, 0.5) is 0 Å². The summed E-state index contributed by atoms with van der Waals surface area (Å²) < 4.78 is 16.8. The number of aryl methyl sites for hydroxylation is 3. The highest BCUT2D eigenvalue weighted by molar-refractivity contribution is 7.09. The van der Waals surface area contributed by atoms with Crippen LogP contribution < -0.4 is 5.32 Å². The Morgan fingerprint density at radius 3 is 3.08 bits per heavy atom. The molecule has 1 amide bonds. The molecule has 1 fully saturated rings. The van der Waals surface area contributed by atoms with E-state index in [2.05, 4.69) is 16.5 Å². The zero-order valence-corrected chi connectivity index (χ0v) is 15.4. The summed E-state index contributed by atoms with van der Waals surface area (Å²) in [5.41, 5.74) is 1.83. The van der Waals surface area contributed by atoms with E-state index < -0.39 is 0 Å². The van der Waals surface area contributed by atoms with E-state index in [1.54, 1.807) is 11.3 Å². The zero-order chi connectivity index (χ0) is 17.6. The molecule has 2 aromatic heterocycles. The van der Waals surface area contributed by atoms with Crippen LogP contribution in [0.25, 0.3) is 0 Å². The highest BCUT2D eigenvalue weighted by Gasteiger charge is 2.28. The minimum atomic E-state index is -0.120. The van der Waals surface area contributed by atoms with Crippen LogP contribution in [-0.4, -0.2) is 36.4 Å². The average Bonchev–Trinajstić information content (AvgIpc) is 3.23. The maximum absolute atomic E-state index is 12.3. The van der Waals surface area contributed by atoms with Crippen molar-refractivity contribution in [2.24, 2.45) is 0 Å². The zero-order valence-electron chi connectivity index (χ0n) is 14.6. The van der Waals surface area contributed by atoms with Crippen LogP contribution in [0, 0.1) is 13.8 Å². The van der Waals surface area contributed by atoms with Crippen LogP contribution in [-0.2, 0) is 27.3 Å². The number of carbonyl (C=O) groups is 1. The minimum Gasteiger partial charge on any atom is -0.379 e. The third-order valence-corrected chi connectivity index (χ3v) is 5.38. The van der Waals surface area contributed by atoms with Gasteiger partial charge < -0.3 is 19.3 Å². The van der Waals surface area contributed by atoms with Crippen LogP contribution in [0.3, 0.4) is 0 Å². The smallest absolute Gasteiger partial charge is 0.220 e. The molecular weight excluding hydrogens is 340 g/mol. The molecule has 7 heteroatoms. The Morgan fingerprint density at radius 2 is 2.36 bits per heavy atom. The van der Waals surface area contributed by atoms with Gasteiger partial charge in [0.1, 0.15) is 5.76 Å². The number of carbonyl (C=O) groups excluding carboxylic acids is 1. The van der Waals surface area contributed by atoms with E-state index >= 15 is 0 Å². The molecule has 0 unspecified atom stereocenters. The molecule has 1 aliphatic heterocycles. The number of thiophene rings is 1. The normalized spacial score (nSPS) is 20.6. The van der Waals surface area contributed by atoms with Crippen molar-refractivity contribution in [2.75, 3.05) is 13.2 Å². The van der Waals surface area contributed by atoms with E-state index in [-0.39, 0.29) is 18.1 Å². The van der Waals surface area contributed by atoms with E-state index in [0.29, 0.717) is 26.2 Å². The second kappa shape index (κ2) is 8.60. The maximum Gasteiger partial charge on any atom is 0.220 e. The van der Waals surface area contributed by atoms with Gasteiger partial charge in [-0.1, -0.05) is 11.2 Å². The molecule has 0 aromatic carbocycles. The van der Waals surface area contributed by atoms with Crippen molar-refractivity contribution in [3.63, 3.8) is 0 Å². The van der Waals surface area contributed by atoms with Gasteiger partial charge in [-0.3, -0.25) is 4.79 Å². The maximum atomic E-state index is 12.3. The van der Waals surface area contributed by atoms with Gasteiger partial charge in [-0.25, -0.2) is 0 Å². The third-order valence-electron chi connectivity index (χ3n) is 4.44. The number of nitrogens with zero attached hydrogens (tertiary/aromatic N) is 1. The topological polar surface area (TPSA) is 73.6 Å². The predicted molar refractivity (Wildman–Crippen MR) is 94.6 cm³/mol. The molecule has 1 aliphatic rings. The Bertz CT molecular complexity index is 664. The third kappa shape index (κ3) is 4.90. The first kappa shape index (κ1) is 18.1. The first-order valence-corrected chi connectivity index (χ1v) is 9.44. The summed E-state index contributed by atoms with van der Waals surface area (Å²) >= 11 is 1.68. The minimum absolute atomic E-state index is 0.0369. The molecule has 0 saturated carbocycles. The van der Waals surface area contributed by atoms with Gasteiger partial charge in [-0.2, -0.15) is 0 Å². The number of hydrogen-bond donors (Lipinski definition) is 1. The van der Waals surface area contributed by atoms with Crippen molar-refractivity contribution in [1.29, 1.82) is 0 Å². The lowest BCUT2D eigenvalue weighted by Crippen LogP contribution is -2.50. The average molecular weight is 364 g/mol. The van der Waals surface area contributed by atoms with E-state index in [1.807, 2.05) is 25.3 Å². The first-order valence-electron chi connectivity index (χ1n) is 8.56. The molecule has 0 aliphatic carbocycles. The number of hydrogen-bond acceptors (Lipinski definition) is 6. The van der Waals surface area contributed by atoms with Crippen molar-refractivity contribution < 1.29 is 18.8 Å². The van der Waals surface area contributed by atoms with Gasteiger partial charge >= 0.3 is 0 Å². The highest BCUT2D eigenvalue weighted by Crippen LogP contribution is 2.19. The Hall–Kier alpha value is -1.70. The molecule has 0 radical (unpaired) electrons. The molecule has 1 N–H and O–H groups in total. The largest absolute Gasteiger partial charge is 0.379 e. The second-order valence-corrected chi connectivity index (χ2v) is 7.30. The monoisotopic (exact) mass is 364 g/mol. The number of amides is 1. The SMILES string of the molecule is Cc1noc(C)c1CO[C@@H]1CCOC[C@@H]1NC(=O)CCc1cccs1. The van der Waals surface area contributed by atoms with Crippen LogP contribution in [0.15, 0.2) is 22.0 Å². The Morgan fingerprint density at radius 1 is 1.48 bits per heavy atom. The lowest BCUT2D eigenvalue weighted by Gasteiger charge is -2.32. The summed E-state index contributed by atoms with van der Waals surface area (Å²) in [6.45, 7) is 5.35. The van der Waals surface area contributed by atoms with Crippen molar-refractivity contribution >= 4 is 17.2 Å². The molecule has 3 heterocycles. The van der Waals surface area contributed by atoms with E-state index in [4.69, 9.17) is 14.0 Å². The van der Waals surface area contributed by atoms with Crippen LogP contribution in [0.2, 0.25) is 0 Å². The molecule has 6 nitrogen and oxygen atoms in total. The molecule has 3 rings (SSSR count). The standard InChI is InChI=1S/C18H24N2O4S/c1-12-15(13(2)24-20-12)10-23-17-7-8-22-11-16(17)19-18(21)6-5-14-4-3-9-25-14/h3-4,9,16-17H,5-8,10-11H2,1-2H3,(H,19,21)/t16-,17+/m0/s1. The van der Waals surface area contributed by atoms with Crippen LogP contribution in [0.5, 0.6) is 0 Å². The summed E-state index contributed by atoms with van der Waals surface area (Å²) in [6, 6.07) is 3.94. The molecule has 2 aromatic rings. The summed E-state index contributed by atoms with van der Waals surface area (Å²) in [7, 11) is 0. The fourth-order valence-corrected chi connectivity index (χ4v) is 3.63. The molecule has 2 atom stereocenters. The highest BCUT2D eigenvalue weighted by atomic mass is 32.1. The Labute approximate surface area is 151 Å². The quantitative estimate of drug-likeness (QED) is 0.818. The molecule has 25 heavy (non-hydrogen) atoms. The van der Waals surface area contributed by atoms with Crippen molar-refractivity contribution in [3.05, 3.63) is 39.4 Å². The van der Waals surface area contributed by atoms with Gasteiger partial charge in [0.15, 0.2) is 0 Å². The number of aromatic nitrogens is 1. The van der Waals surface area contributed by atoms with E-state index in [0.717, 1.165) is 29.9 Å². The van der Waals surface area contributed by atoms with E-state index in [9.17, 15) is 4.79 Å². The van der Waals surface area contributed by atoms with Gasteiger partial charge in [0, 0.05) is 23.5 Å². The summed E-state index contributed by atoms with van der Waals surface area (Å²) in [4.78, 5) is 13.5. The van der Waals surface area contributed by atoms with Crippen LogP contribution in [0.1, 0.15) is 34.7 Å². The Balaban J connectivity index is 1.50. The summed E-state index contributed by atoms with van der Waals surface area (Å²) in [5, 5.41) is 9.04. The predicted octanol–water partition coefficient (Wildman–Crippen LogP) is 2.78. The number of ether oxygens (including phenoxy) is 2. The lowest BCUT2D eigenvalue weighted by molar-refractivity contribution is -0.126. The van der Waals surface area contributed by atoms with Gasteiger partial charge in [0.25, 0.3) is 0 Å². The Kier molecular flexibility index (Phi) is 6.23. The van der Waals surface area contributed by atoms with Crippen molar-refractivity contribution in [2.45, 2.75) is 51.9 Å². The molecular formula is C18H24N2O4S. The first-order chi connectivity index (χ1) is 12.1. The van der Waals surface area contributed by atoms with Gasteiger partial charge in [0.2, 0.25) is 5.91 Å². The molecule has 0 spiro atoms. The molecule has 1 saturated heterocycles. The molecule has 0 bridgehead atoms. The fourth-order valence-electron chi connectivity index (χ4n) is 2.92. The summed E-state index contributed by atoms with van der Waals surface area (Å²) in [6.07, 6.45) is 1.95. The van der Waals surface area contributed by atoms with Crippen molar-refractivity contribution in [1.82, 2.24) is 10.5 Å². The van der Waals surface area contributed by atoms with Gasteiger partial charge in [-0.05, 0) is 38.1 Å². The number of nitrogens with one attached hydrogen (secondary N) is 1. The molecule has 136 valence electrons. The van der Waals surface area contributed by atoms with E-state index in [1.165, 1.54) is 4.88 Å². The number of rotatable bonds is 7. The van der Waals surface area contributed by atoms with Gasteiger partial charge in [-0.15, -0.1) is 11.3 Å².